The Morgan fingerprint density at radius 1 is 1.00 bits per heavy atom. The predicted molar refractivity (Wildman–Crippen MR) is 92.4 cm³/mol. The molecule has 0 heterocycles. The summed E-state index contributed by atoms with van der Waals surface area (Å²) in [5.74, 6) is -0.658. The number of hydrogen-bond acceptors (Lipinski definition) is 3. The number of methoxy groups -OCH3 is 1. The molecule has 0 atom stereocenters. The maximum Gasteiger partial charge on any atom is 0.239 e. The number of ether oxygens (including phenoxy) is 1. The largest absolute Gasteiger partial charge is 0.383 e. The van der Waals surface area contributed by atoms with E-state index in [1.54, 1.807) is 21.0 Å². The van der Waals surface area contributed by atoms with Crippen LogP contribution in [0.1, 0.15) is 40.2 Å². The first-order valence-corrected chi connectivity index (χ1v) is 7.78. The van der Waals surface area contributed by atoms with Crippen molar-refractivity contribution in [3.8, 4) is 0 Å². The van der Waals surface area contributed by atoms with Gasteiger partial charge in [0, 0.05) is 19.3 Å². The third-order valence-electron chi connectivity index (χ3n) is 3.74. The molecule has 2 N–H and O–H groups in total. The summed E-state index contributed by atoms with van der Waals surface area (Å²) in [5.41, 5.74) is 0.771. The maximum absolute atomic E-state index is 12.4. The second-order valence-corrected chi connectivity index (χ2v) is 7.16. The van der Waals surface area contributed by atoms with Gasteiger partial charge in [-0.25, -0.2) is 0 Å². The maximum atomic E-state index is 12.4. The molecule has 0 aliphatic heterocycles. The summed E-state index contributed by atoms with van der Waals surface area (Å²) in [4.78, 5) is 24.5. The zero-order chi connectivity index (χ0) is 17.7. The molecule has 0 radical (unpaired) electrons. The van der Waals surface area contributed by atoms with Crippen molar-refractivity contribution in [2.24, 2.45) is 5.41 Å². The highest BCUT2D eigenvalue weighted by molar-refractivity contribution is 6.09. The van der Waals surface area contributed by atoms with Gasteiger partial charge in [0.25, 0.3) is 0 Å². The average Bonchev–Trinajstić information content (AvgIpc) is 2.46. The summed E-state index contributed by atoms with van der Waals surface area (Å²) in [6.45, 7) is 10.4. The van der Waals surface area contributed by atoms with Crippen LogP contribution in [0.25, 0.3) is 0 Å². The van der Waals surface area contributed by atoms with Gasteiger partial charge in [-0.05, 0) is 37.0 Å². The normalized spacial score (nSPS) is 11.9. The molecular formula is C18H28N2O3. The molecule has 0 saturated carbocycles. The van der Waals surface area contributed by atoms with Crippen molar-refractivity contribution < 1.29 is 14.3 Å². The molecule has 0 saturated heterocycles. The van der Waals surface area contributed by atoms with Gasteiger partial charge in [-0.1, -0.05) is 32.9 Å². The third-order valence-corrected chi connectivity index (χ3v) is 3.74. The number of anilines is 1. The minimum atomic E-state index is -1.16. The van der Waals surface area contributed by atoms with Gasteiger partial charge in [0.1, 0.15) is 5.41 Å². The first kappa shape index (κ1) is 19.2. The van der Waals surface area contributed by atoms with Crippen LogP contribution in [0.15, 0.2) is 24.3 Å². The quantitative estimate of drug-likeness (QED) is 0.625. The number of nitrogens with one attached hydrogen (secondary N) is 2. The van der Waals surface area contributed by atoms with Crippen LogP contribution in [0.4, 0.5) is 5.69 Å². The Labute approximate surface area is 138 Å². The fraction of sp³-hybridized carbons (Fsp3) is 0.556. The molecule has 5 nitrogen and oxygen atoms in total. The summed E-state index contributed by atoms with van der Waals surface area (Å²) in [7, 11) is 1.56. The van der Waals surface area contributed by atoms with Crippen molar-refractivity contribution in [1.82, 2.24) is 5.32 Å². The highest BCUT2D eigenvalue weighted by Gasteiger charge is 2.35. The van der Waals surface area contributed by atoms with Crippen LogP contribution in [0.3, 0.4) is 0 Å². The number of amides is 2. The van der Waals surface area contributed by atoms with Crippen molar-refractivity contribution in [1.29, 1.82) is 0 Å². The van der Waals surface area contributed by atoms with Crippen LogP contribution in [0, 0.1) is 5.41 Å². The Morgan fingerprint density at radius 2 is 1.57 bits per heavy atom. The van der Waals surface area contributed by atoms with Crippen LogP contribution in [-0.2, 0) is 19.7 Å². The molecule has 0 aliphatic carbocycles. The van der Waals surface area contributed by atoms with Gasteiger partial charge in [-0.2, -0.15) is 0 Å². The number of carbonyl (C=O) groups is 2. The van der Waals surface area contributed by atoms with Crippen molar-refractivity contribution in [2.75, 3.05) is 25.6 Å². The Bertz CT molecular complexity index is 542. The fourth-order valence-corrected chi connectivity index (χ4v) is 1.93. The molecular weight excluding hydrogens is 292 g/mol. The summed E-state index contributed by atoms with van der Waals surface area (Å²) < 4.78 is 4.88. The van der Waals surface area contributed by atoms with E-state index in [1.165, 1.54) is 5.56 Å². The molecule has 0 spiro atoms. The van der Waals surface area contributed by atoms with Crippen LogP contribution in [-0.4, -0.2) is 32.1 Å². The van der Waals surface area contributed by atoms with Crippen LogP contribution >= 0.6 is 0 Å². The highest BCUT2D eigenvalue weighted by Crippen LogP contribution is 2.24. The third kappa shape index (κ3) is 5.36. The number of rotatable bonds is 6. The first-order valence-electron chi connectivity index (χ1n) is 7.78. The van der Waals surface area contributed by atoms with Gasteiger partial charge < -0.3 is 15.4 Å². The minimum absolute atomic E-state index is 0.0586. The van der Waals surface area contributed by atoms with Gasteiger partial charge in [-0.3, -0.25) is 9.59 Å². The Balaban J connectivity index is 2.72. The van der Waals surface area contributed by atoms with Gasteiger partial charge >= 0.3 is 0 Å². The van der Waals surface area contributed by atoms with Gasteiger partial charge in [0.05, 0.1) is 6.61 Å². The summed E-state index contributed by atoms with van der Waals surface area (Å²) >= 11 is 0. The number of benzene rings is 1. The van der Waals surface area contributed by atoms with Crippen molar-refractivity contribution in [3.63, 3.8) is 0 Å². The Kier molecular flexibility index (Phi) is 6.33. The molecule has 0 fully saturated rings. The molecule has 1 aromatic carbocycles. The minimum Gasteiger partial charge on any atom is -0.383 e. The van der Waals surface area contributed by atoms with Crippen LogP contribution < -0.4 is 10.6 Å². The summed E-state index contributed by atoms with van der Waals surface area (Å²) in [6.07, 6.45) is 0. The molecule has 23 heavy (non-hydrogen) atoms. The lowest BCUT2D eigenvalue weighted by Crippen LogP contribution is -2.45. The highest BCUT2D eigenvalue weighted by atomic mass is 16.5. The van der Waals surface area contributed by atoms with Crippen molar-refractivity contribution in [2.45, 2.75) is 40.0 Å². The molecule has 1 aromatic rings. The van der Waals surface area contributed by atoms with E-state index >= 15 is 0 Å². The summed E-state index contributed by atoms with van der Waals surface area (Å²) in [5, 5.41) is 5.50. The van der Waals surface area contributed by atoms with E-state index in [4.69, 9.17) is 4.74 Å². The van der Waals surface area contributed by atoms with Crippen LogP contribution in [0.2, 0.25) is 0 Å². The van der Waals surface area contributed by atoms with E-state index in [9.17, 15) is 9.59 Å². The number of hydrogen-bond donors (Lipinski definition) is 2. The van der Waals surface area contributed by atoms with Gasteiger partial charge in [-0.15, -0.1) is 0 Å². The smallest absolute Gasteiger partial charge is 0.239 e. The average molecular weight is 320 g/mol. The lowest BCUT2D eigenvalue weighted by atomic mass is 9.87. The Morgan fingerprint density at radius 3 is 2.04 bits per heavy atom. The standard InChI is InChI=1S/C18H28N2O3/c1-17(2,3)13-7-9-14(10-8-13)20-16(22)18(4,5)15(21)19-11-12-23-6/h7-10H,11-12H2,1-6H3,(H,19,21)(H,20,22). The van der Waals surface area contributed by atoms with E-state index < -0.39 is 5.41 Å². The lowest BCUT2D eigenvalue weighted by Gasteiger charge is -2.23. The second-order valence-electron chi connectivity index (χ2n) is 7.16. The fourth-order valence-electron chi connectivity index (χ4n) is 1.93. The topological polar surface area (TPSA) is 67.4 Å². The molecule has 0 unspecified atom stereocenters. The SMILES string of the molecule is COCCNC(=O)C(C)(C)C(=O)Nc1ccc(C(C)(C)C)cc1. The van der Waals surface area contributed by atoms with E-state index in [1.807, 2.05) is 24.3 Å². The lowest BCUT2D eigenvalue weighted by molar-refractivity contribution is -0.138. The van der Waals surface area contributed by atoms with Gasteiger partial charge in [0.2, 0.25) is 11.8 Å². The van der Waals surface area contributed by atoms with E-state index in [2.05, 4.69) is 31.4 Å². The van der Waals surface area contributed by atoms with Gasteiger partial charge in [0.15, 0.2) is 0 Å². The zero-order valence-corrected chi connectivity index (χ0v) is 14.9. The molecule has 2 amide bonds. The molecule has 1 rings (SSSR count). The van der Waals surface area contributed by atoms with Crippen LogP contribution in [0.5, 0.6) is 0 Å². The predicted octanol–water partition coefficient (Wildman–Crippen LogP) is 2.71. The van der Waals surface area contributed by atoms with Crippen molar-refractivity contribution >= 4 is 17.5 Å². The monoisotopic (exact) mass is 320 g/mol. The summed E-state index contributed by atoms with van der Waals surface area (Å²) in [6, 6.07) is 7.69. The first-order chi connectivity index (χ1) is 10.6. The molecule has 128 valence electrons. The molecule has 5 heteroatoms. The zero-order valence-electron chi connectivity index (χ0n) is 14.9. The van der Waals surface area contributed by atoms with E-state index in [0.29, 0.717) is 18.8 Å². The second kappa shape index (κ2) is 7.59. The van der Waals surface area contributed by atoms with E-state index in [-0.39, 0.29) is 17.2 Å². The number of carbonyl (C=O) groups excluding carboxylic acids is 2. The molecule has 0 bridgehead atoms. The molecule has 0 aromatic heterocycles. The molecule has 0 aliphatic rings. The van der Waals surface area contributed by atoms with E-state index in [0.717, 1.165) is 0 Å². The van der Waals surface area contributed by atoms with Crippen molar-refractivity contribution in [3.05, 3.63) is 29.8 Å². The Hall–Kier alpha value is -1.88.